The van der Waals surface area contributed by atoms with Crippen LogP contribution in [0.2, 0.25) is 0 Å². The van der Waals surface area contributed by atoms with Crippen molar-refractivity contribution in [3.8, 4) is 0 Å². The number of hydrogen-bond donors (Lipinski definition) is 1. The van der Waals surface area contributed by atoms with Gasteiger partial charge >= 0.3 is 0 Å². The molecule has 4 heteroatoms. The van der Waals surface area contributed by atoms with E-state index in [0.29, 0.717) is 0 Å². The zero-order chi connectivity index (χ0) is 15.4. The quantitative estimate of drug-likeness (QED) is 0.661. The third-order valence-corrected chi connectivity index (χ3v) is 4.05. The molecule has 2 aromatic rings. The zero-order valence-corrected chi connectivity index (χ0v) is 13.8. The largest absolute Gasteiger partial charge is 0.315 e. The summed E-state index contributed by atoms with van der Waals surface area (Å²) in [5.74, 6) is 0. The lowest BCUT2D eigenvalue weighted by molar-refractivity contribution is 0.940. The molecule has 3 nitrogen and oxygen atoms in total. The molecule has 0 fully saturated rings. The van der Waals surface area contributed by atoms with Gasteiger partial charge in [-0.25, -0.2) is 4.98 Å². The fourth-order valence-electron chi connectivity index (χ4n) is 2.21. The van der Waals surface area contributed by atoms with Gasteiger partial charge in [-0.2, -0.15) is 0 Å². The number of nitrogens with one attached hydrogen (secondary N) is 1. The topological polar surface area (TPSA) is 37.3 Å². The molecule has 0 saturated carbocycles. The number of benzene rings is 1. The van der Waals surface area contributed by atoms with E-state index in [4.69, 9.17) is 4.99 Å². The number of allylic oxidation sites excluding steroid dienone is 2. The predicted molar refractivity (Wildman–Crippen MR) is 94.1 cm³/mol. The molecule has 0 bridgehead atoms. The Kier molecular flexibility index (Phi) is 5.04. The second-order valence-corrected chi connectivity index (χ2v) is 6.05. The summed E-state index contributed by atoms with van der Waals surface area (Å²) in [6.45, 7) is 11.0. The van der Waals surface area contributed by atoms with Gasteiger partial charge in [-0.05, 0) is 56.7 Å². The number of hydrogen-bond acceptors (Lipinski definition) is 4. The molecule has 110 valence electrons. The molecule has 0 aliphatic heterocycles. The van der Waals surface area contributed by atoms with Crippen LogP contribution in [0, 0.1) is 0 Å². The lowest BCUT2D eigenvalue weighted by Crippen LogP contribution is -2.16. The average Bonchev–Trinajstić information content (AvgIpc) is 2.91. The zero-order valence-electron chi connectivity index (χ0n) is 13.0. The van der Waals surface area contributed by atoms with Crippen LogP contribution in [0.3, 0.4) is 0 Å². The lowest BCUT2D eigenvalue weighted by Gasteiger charge is -2.10. The summed E-state index contributed by atoms with van der Waals surface area (Å²) in [5, 5.41) is 3.12. The molecule has 0 aliphatic rings. The first-order chi connectivity index (χ1) is 10.0. The van der Waals surface area contributed by atoms with Crippen molar-refractivity contribution in [2.24, 2.45) is 4.99 Å². The van der Waals surface area contributed by atoms with E-state index in [2.05, 4.69) is 42.0 Å². The van der Waals surface area contributed by atoms with Crippen LogP contribution in [0.25, 0.3) is 15.8 Å². The van der Waals surface area contributed by atoms with Crippen molar-refractivity contribution < 1.29 is 0 Å². The highest BCUT2D eigenvalue weighted by atomic mass is 32.1. The van der Waals surface area contributed by atoms with Crippen LogP contribution in [0.4, 0.5) is 0 Å². The van der Waals surface area contributed by atoms with Crippen LogP contribution in [-0.2, 0) is 0 Å². The number of aromatic nitrogens is 1. The van der Waals surface area contributed by atoms with Crippen LogP contribution in [0.1, 0.15) is 26.3 Å². The Hall–Kier alpha value is -1.78. The molecule has 0 saturated heterocycles. The van der Waals surface area contributed by atoms with E-state index in [9.17, 15) is 0 Å². The predicted octanol–water partition coefficient (Wildman–Crippen LogP) is 4.28. The maximum Gasteiger partial charge on any atom is 0.0812 e. The van der Waals surface area contributed by atoms with E-state index >= 15 is 0 Å². The lowest BCUT2D eigenvalue weighted by atomic mass is 10.0. The molecular weight excluding hydrogens is 278 g/mol. The summed E-state index contributed by atoms with van der Waals surface area (Å²) in [7, 11) is 1.92. The Morgan fingerprint density at radius 1 is 1.33 bits per heavy atom. The number of nitrogens with zero attached hydrogens (tertiary/aromatic N) is 2. The van der Waals surface area contributed by atoms with Crippen molar-refractivity contribution in [2.75, 3.05) is 13.6 Å². The Labute approximate surface area is 130 Å². The third kappa shape index (κ3) is 3.65. The minimum atomic E-state index is 0.776. The van der Waals surface area contributed by atoms with Crippen LogP contribution in [0.5, 0.6) is 0 Å². The Morgan fingerprint density at radius 3 is 2.76 bits per heavy atom. The van der Waals surface area contributed by atoms with E-state index in [-0.39, 0.29) is 0 Å². The van der Waals surface area contributed by atoms with Crippen LogP contribution in [-0.4, -0.2) is 24.3 Å². The van der Waals surface area contributed by atoms with Gasteiger partial charge in [0.15, 0.2) is 0 Å². The van der Waals surface area contributed by atoms with Gasteiger partial charge < -0.3 is 5.32 Å². The number of rotatable bonds is 5. The minimum absolute atomic E-state index is 0.776. The fraction of sp³-hybridized carbons (Fsp3) is 0.294. The standard InChI is InChI=1S/C17H21N3S/c1-11(2)17(20-12(3)9-18-5)13(4)14-6-7-15-16(8-14)21-10-19-15/h6-8,10,18H,1,9H2,2-5H3/b17-13+,20-12?. The highest BCUT2D eigenvalue weighted by Gasteiger charge is 2.07. The van der Waals surface area contributed by atoms with E-state index in [1.54, 1.807) is 11.3 Å². The van der Waals surface area contributed by atoms with Crippen molar-refractivity contribution in [3.63, 3.8) is 0 Å². The summed E-state index contributed by atoms with van der Waals surface area (Å²) in [4.78, 5) is 9.05. The van der Waals surface area contributed by atoms with Crippen LogP contribution >= 0.6 is 11.3 Å². The first kappa shape index (κ1) is 15.6. The molecule has 1 N–H and O–H groups in total. The van der Waals surface area contributed by atoms with Gasteiger partial charge in [-0.1, -0.05) is 12.6 Å². The molecule has 0 aliphatic carbocycles. The number of aliphatic imine (C=N–C) groups is 1. The van der Waals surface area contributed by atoms with E-state index in [1.165, 1.54) is 10.3 Å². The molecule has 2 rings (SSSR count). The SMILES string of the molecule is C=C(C)/C(N=C(C)CNC)=C(/C)c1ccc2ncsc2c1. The Balaban J connectivity index is 2.50. The first-order valence-corrected chi connectivity index (χ1v) is 7.80. The van der Waals surface area contributed by atoms with Gasteiger partial charge in [0.25, 0.3) is 0 Å². The van der Waals surface area contributed by atoms with Crippen molar-refractivity contribution in [2.45, 2.75) is 20.8 Å². The van der Waals surface area contributed by atoms with Gasteiger partial charge in [-0.3, -0.25) is 4.99 Å². The number of thiazole rings is 1. The van der Waals surface area contributed by atoms with Crippen molar-refractivity contribution in [1.29, 1.82) is 0 Å². The third-order valence-electron chi connectivity index (χ3n) is 3.26. The van der Waals surface area contributed by atoms with Crippen molar-refractivity contribution in [1.82, 2.24) is 10.3 Å². The summed E-state index contributed by atoms with van der Waals surface area (Å²) in [5.41, 5.74) is 8.23. The molecule has 1 aromatic carbocycles. The molecule has 1 heterocycles. The molecule has 0 radical (unpaired) electrons. The second kappa shape index (κ2) is 6.78. The highest BCUT2D eigenvalue weighted by molar-refractivity contribution is 7.16. The number of fused-ring (bicyclic) bond motifs is 1. The summed E-state index contributed by atoms with van der Waals surface area (Å²) in [6, 6.07) is 6.34. The maximum absolute atomic E-state index is 4.73. The van der Waals surface area contributed by atoms with Crippen molar-refractivity contribution in [3.05, 3.63) is 47.1 Å². The summed E-state index contributed by atoms with van der Waals surface area (Å²) in [6.07, 6.45) is 0. The molecule has 0 spiro atoms. The Bertz CT molecular complexity index is 722. The van der Waals surface area contributed by atoms with Gasteiger partial charge in [0.2, 0.25) is 0 Å². The Morgan fingerprint density at radius 2 is 2.10 bits per heavy atom. The van der Waals surface area contributed by atoms with Gasteiger partial charge in [0.1, 0.15) is 0 Å². The highest BCUT2D eigenvalue weighted by Crippen LogP contribution is 2.27. The van der Waals surface area contributed by atoms with E-state index < -0.39 is 0 Å². The smallest absolute Gasteiger partial charge is 0.0812 e. The van der Waals surface area contributed by atoms with Crippen LogP contribution in [0.15, 0.2) is 46.6 Å². The molecular formula is C17H21N3S. The molecule has 0 atom stereocenters. The first-order valence-electron chi connectivity index (χ1n) is 6.92. The van der Waals surface area contributed by atoms with Crippen molar-refractivity contribution >= 4 is 32.8 Å². The fourth-order valence-corrected chi connectivity index (χ4v) is 2.93. The van der Waals surface area contributed by atoms with Gasteiger partial charge in [-0.15, -0.1) is 11.3 Å². The van der Waals surface area contributed by atoms with E-state index in [1.807, 2.05) is 26.4 Å². The van der Waals surface area contributed by atoms with Gasteiger partial charge in [0.05, 0.1) is 21.4 Å². The maximum atomic E-state index is 4.73. The normalized spacial score (nSPS) is 13.4. The summed E-state index contributed by atoms with van der Waals surface area (Å²) >= 11 is 1.66. The molecule has 1 aromatic heterocycles. The van der Waals surface area contributed by atoms with Gasteiger partial charge in [0, 0.05) is 12.3 Å². The second-order valence-electron chi connectivity index (χ2n) is 5.17. The molecule has 0 amide bonds. The molecule has 0 unspecified atom stereocenters. The monoisotopic (exact) mass is 299 g/mol. The molecule has 21 heavy (non-hydrogen) atoms. The minimum Gasteiger partial charge on any atom is -0.315 e. The average molecular weight is 299 g/mol. The van der Waals surface area contributed by atoms with E-state index in [0.717, 1.165) is 34.6 Å². The summed E-state index contributed by atoms with van der Waals surface area (Å²) < 4.78 is 1.20. The van der Waals surface area contributed by atoms with Crippen LogP contribution < -0.4 is 5.32 Å².